The van der Waals surface area contributed by atoms with Gasteiger partial charge in [0, 0.05) is 5.02 Å². The predicted molar refractivity (Wildman–Crippen MR) is 70.7 cm³/mol. The van der Waals surface area contributed by atoms with Gasteiger partial charge in [0.15, 0.2) is 0 Å². The van der Waals surface area contributed by atoms with Crippen LogP contribution in [-0.2, 0) is 4.74 Å². The number of ether oxygens (including phenoxy) is 1. The Morgan fingerprint density at radius 3 is 2.35 bits per heavy atom. The monoisotopic (exact) mass is 254 g/mol. The molecule has 3 heteroatoms. The van der Waals surface area contributed by atoms with Crippen molar-refractivity contribution in [3.8, 4) is 0 Å². The van der Waals surface area contributed by atoms with Gasteiger partial charge in [-0.15, -0.1) is 0 Å². The summed E-state index contributed by atoms with van der Waals surface area (Å²) in [7, 11) is 0. The molecule has 0 radical (unpaired) electrons. The number of esters is 1. The van der Waals surface area contributed by atoms with Crippen molar-refractivity contribution in [2.75, 3.05) is 0 Å². The molecule has 1 aromatic rings. The van der Waals surface area contributed by atoms with Crippen molar-refractivity contribution < 1.29 is 9.53 Å². The lowest BCUT2D eigenvalue weighted by Gasteiger charge is -2.20. The van der Waals surface area contributed by atoms with Crippen molar-refractivity contribution >= 4 is 17.6 Å². The van der Waals surface area contributed by atoms with Crippen molar-refractivity contribution in [1.82, 2.24) is 0 Å². The molecule has 2 nitrogen and oxygen atoms in total. The zero-order chi connectivity index (χ0) is 13.2. The first-order chi connectivity index (χ1) is 7.70. The second kappa shape index (κ2) is 5.09. The summed E-state index contributed by atoms with van der Waals surface area (Å²) < 4.78 is 5.32. The van der Waals surface area contributed by atoms with Crippen LogP contribution >= 0.6 is 11.6 Å². The van der Waals surface area contributed by atoms with Crippen LogP contribution < -0.4 is 0 Å². The van der Waals surface area contributed by atoms with Gasteiger partial charge in [-0.2, -0.15) is 0 Å². The quantitative estimate of drug-likeness (QED) is 0.731. The Hall–Kier alpha value is -1.02. The minimum absolute atomic E-state index is 0.282. The zero-order valence-corrected chi connectivity index (χ0v) is 11.8. The molecule has 0 aliphatic carbocycles. The van der Waals surface area contributed by atoms with Crippen molar-refractivity contribution in [3.05, 3.63) is 34.3 Å². The number of rotatable bonds is 2. The van der Waals surface area contributed by atoms with E-state index in [1.165, 1.54) is 0 Å². The van der Waals surface area contributed by atoms with Crippen LogP contribution in [0, 0.1) is 0 Å². The molecule has 0 bridgehead atoms. The smallest absolute Gasteiger partial charge is 0.338 e. The fourth-order valence-corrected chi connectivity index (χ4v) is 1.79. The van der Waals surface area contributed by atoms with E-state index in [4.69, 9.17) is 16.3 Å². The molecular weight excluding hydrogens is 236 g/mol. The molecule has 0 aliphatic rings. The van der Waals surface area contributed by atoms with Gasteiger partial charge in [-0.3, -0.25) is 0 Å². The lowest BCUT2D eigenvalue weighted by molar-refractivity contribution is 0.00694. The van der Waals surface area contributed by atoms with Gasteiger partial charge in [-0.05, 0) is 50.5 Å². The Labute approximate surface area is 108 Å². The van der Waals surface area contributed by atoms with Crippen LogP contribution in [0.25, 0.3) is 0 Å². The van der Waals surface area contributed by atoms with E-state index in [9.17, 15) is 4.79 Å². The molecule has 17 heavy (non-hydrogen) atoms. The maximum atomic E-state index is 11.9. The van der Waals surface area contributed by atoms with Crippen LogP contribution in [0.2, 0.25) is 5.02 Å². The SMILES string of the molecule is CC(C)c1cc(C(=O)OC(C)(C)C)ccc1Cl. The van der Waals surface area contributed by atoms with Gasteiger partial charge in [0.05, 0.1) is 5.56 Å². The first kappa shape index (κ1) is 14.0. The van der Waals surface area contributed by atoms with Crippen molar-refractivity contribution in [2.24, 2.45) is 0 Å². The summed E-state index contributed by atoms with van der Waals surface area (Å²) in [6, 6.07) is 5.25. The summed E-state index contributed by atoms with van der Waals surface area (Å²) in [5, 5.41) is 0.687. The Bertz CT molecular complexity index is 417. The van der Waals surface area contributed by atoms with Crippen LogP contribution in [0.15, 0.2) is 18.2 Å². The highest BCUT2D eigenvalue weighted by molar-refractivity contribution is 6.31. The van der Waals surface area contributed by atoms with Gasteiger partial charge < -0.3 is 4.74 Å². The molecule has 0 saturated carbocycles. The zero-order valence-electron chi connectivity index (χ0n) is 11.0. The predicted octanol–water partition coefficient (Wildman–Crippen LogP) is 4.42. The molecule has 94 valence electrons. The van der Waals surface area contributed by atoms with E-state index in [0.717, 1.165) is 5.56 Å². The molecule has 0 aromatic heterocycles. The Morgan fingerprint density at radius 1 is 1.29 bits per heavy atom. The molecule has 0 spiro atoms. The molecule has 0 unspecified atom stereocenters. The molecule has 0 atom stereocenters. The highest BCUT2D eigenvalue weighted by atomic mass is 35.5. The standard InChI is InChI=1S/C14H19ClO2/c1-9(2)11-8-10(6-7-12(11)15)13(16)17-14(3,4)5/h6-9H,1-5H3. The number of carbonyl (C=O) groups is 1. The summed E-state index contributed by atoms with van der Waals surface area (Å²) in [4.78, 5) is 11.9. The topological polar surface area (TPSA) is 26.3 Å². The number of hydrogen-bond acceptors (Lipinski definition) is 2. The van der Waals surface area contributed by atoms with Crippen molar-refractivity contribution in [3.63, 3.8) is 0 Å². The highest BCUT2D eigenvalue weighted by Crippen LogP contribution is 2.26. The number of benzene rings is 1. The van der Waals surface area contributed by atoms with E-state index < -0.39 is 5.60 Å². The number of carbonyl (C=O) groups excluding carboxylic acids is 1. The van der Waals surface area contributed by atoms with E-state index in [-0.39, 0.29) is 11.9 Å². The first-order valence-electron chi connectivity index (χ1n) is 5.73. The lowest BCUT2D eigenvalue weighted by Crippen LogP contribution is -2.24. The largest absolute Gasteiger partial charge is 0.456 e. The maximum absolute atomic E-state index is 11.9. The van der Waals surface area contributed by atoms with E-state index in [0.29, 0.717) is 10.6 Å². The molecule has 1 rings (SSSR count). The van der Waals surface area contributed by atoms with Crippen LogP contribution in [0.5, 0.6) is 0 Å². The van der Waals surface area contributed by atoms with E-state index in [1.54, 1.807) is 18.2 Å². The maximum Gasteiger partial charge on any atom is 0.338 e. The third-order valence-electron chi connectivity index (χ3n) is 2.25. The average Bonchev–Trinajstić information content (AvgIpc) is 2.14. The third-order valence-corrected chi connectivity index (χ3v) is 2.60. The fourth-order valence-electron chi connectivity index (χ4n) is 1.45. The molecule has 0 N–H and O–H groups in total. The van der Waals surface area contributed by atoms with Crippen LogP contribution in [0.3, 0.4) is 0 Å². The van der Waals surface area contributed by atoms with Crippen molar-refractivity contribution in [2.45, 2.75) is 46.1 Å². The van der Waals surface area contributed by atoms with E-state index in [2.05, 4.69) is 0 Å². The van der Waals surface area contributed by atoms with Crippen molar-refractivity contribution in [1.29, 1.82) is 0 Å². The summed E-state index contributed by atoms with van der Waals surface area (Å²) in [5.74, 6) is -0.0269. The normalized spacial score (nSPS) is 11.7. The molecular formula is C14H19ClO2. The van der Waals surface area contributed by atoms with Gasteiger partial charge in [-0.25, -0.2) is 4.79 Å². The van der Waals surface area contributed by atoms with Gasteiger partial charge in [0.1, 0.15) is 5.60 Å². The van der Waals surface area contributed by atoms with Gasteiger partial charge in [-0.1, -0.05) is 25.4 Å². The Kier molecular flexibility index (Phi) is 4.21. The second-order valence-corrected chi connectivity index (χ2v) is 5.80. The van der Waals surface area contributed by atoms with Crippen LogP contribution in [0.4, 0.5) is 0 Å². The molecule has 0 aliphatic heterocycles. The Balaban J connectivity index is 3.00. The van der Waals surface area contributed by atoms with Gasteiger partial charge in [0.25, 0.3) is 0 Å². The molecule has 0 heterocycles. The molecule has 0 amide bonds. The van der Waals surface area contributed by atoms with Gasteiger partial charge in [0.2, 0.25) is 0 Å². The molecule has 1 aromatic carbocycles. The first-order valence-corrected chi connectivity index (χ1v) is 6.11. The molecule has 0 saturated heterocycles. The number of halogens is 1. The summed E-state index contributed by atoms with van der Waals surface area (Å²) in [6.07, 6.45) is 0. The average molecular weight is 255 g/mol. The minimum Gasteiger partial charge on any atom is -0.456 e. The Morgan fingerprint density at radius 2 is 1.88 bits per heavy atom. The fraction of sp³-hybridized carbons (Fsp3) is 0.500. The minimum atomic E-state index is -0.477. The molecule has 0 fully saturated rings. The second-order valence-electron chi connectivity index (χ2n) is 5.39. The van der Waals surface area contributed by atoms with E-state index in [1.807, 2.05) is 34.6 Å². The summed E-state index contributed by atoms with van der Waals surface area (Å²) in [6.45, 7) is 9.64. The van der Waals surface area contributed by atoms with Gasteiger partial charge >= 0.3 is 5.97 Å². The number of hydrogen-bond donors (Lipinski definition) is 0. The van der Waals surface area contributed by atoms with E-state index >= 15 is 0 Å². The third kappa shape index (κ3) is 4.04. The van der Waals surface area contributed by atoms with Crippen LogP contribution in [-0.4, -0.2) is 11.6 Å². The van der Waals surface area contributed by atoms with Crippen LogP contribution in [0.1, 0.15) is 56.5 Å². The summed E-state index contributed by atoms with van der Waals surface area (Å²) >= 11 is 6.08. The highest BCUT2D eigenvalue weighted by Gasteiger charge is 2.19. The summed E-state index contributed by atoms with van der Waals surface area (Å²) in [5.41, 5.74) is 1.04. The lowest BCUT2D eigenvalue weighted by atomic mass is 10.0.